The van der Waals surface area contributed by atoms with Crippen LogP contribution in [0.15, 0.2) is 0 Å². The van der Waals surface area contributed by atoms with Crippen LogP contribution >= 0.6 is 0 Å². The number of hydrogen-bond donors (Lipinski definition) is 4. The van der Waals surface area contributed by atoms with E-state index in [0.717, 1.165) is 19.3 Å². The van der Waals surface area contributed by atoms with Crippen molar-refractivity contribution < 1.29 is 29.9 Å². The topological polar surface area (TPSA) is 99.4 Å². The summed E-state index contributed by atoms with van der Waals surface area (Å²) < 4.78 is 10.6. The van der Waals surface area contributed by atoms with Crippen LogP contribution in [0.25, 0.3) is 0 Å². The van der Waals surface area contributed by atoms with Crippen LogP contribution in [0.2, 0.25) is 0 Å². The Morgan fingerprint density at radius 3 is 2.26 bits per heavy atom. The maximum absolute atomic E-state index is 9.72. The molecule has 1 unspecified atom stereocenters. The molecular formula is C13H26O6. The summed E-state index contributed by atoms with van der Waals surface area (Å²) in [5.74, 6) is 0. The van der Waals surface area contributed by atoms with Crippen LogP contribution in [0.1, 0.15) is 39.0 Å². The van der Waals surface area contributed by atoms with Crippen LogP contribution in [0.5, 0.6) is 0 Å². The zero-order valence-electron chi connectivity index (χ0n) is 11.4. The highest BCUT2D eigenvalue weighted by atomic mass is 16.7. The summed E-state index contributed by atoms with van der Waals surface area (Å²) in [6.45, 7) is 2.14. The molecule has 6 nitrogen and oxygen atoms in total. The van der Waals surface area contributed by atoms with Crippen molar-refractivity contribution in [2.75, 3.05) is 13.2 Å². The predicted molar refractivity (Wildman–Crippen MR) is 68.5 cm³/mol. The maximum atomic E-state index is 9.72. The SMILES string of the molecule is CCCCCCCOC1O[C@H](CO)[C@H](O)[C@@H](O)[C@H]1O. The highest BCUT2D eigenvalue weighted by Crippen LogP contribution is 2.22. The second kappa shape index (κ2) is 8.84. The van der Waals surface area contributed by atoms with Gasteiger partial charge in [-0.3, -0.25) is 0 Å². The average Bonchev–Trinajstić information content (AvgIpc) is 2.42. The third-order valence-electron chi connectivity index (χ3n) is 3.38. The maximum Gasteiger partial charge on any atom is 0.186 e. The minimum absolute atomic E-state index is 0.423. The van der Waals surface area contributed by atoms with Crippen molar-refractivity contribution in [2.24, 2.45) is 0 Å². The fraction of sp³-hybridized carbons (Fsp3) is 1.00. The van der Waals surface area contributed by atoms with Crippen molar-refractivity contribution >= 4 is 0 Å². The monoisotopic (exact) mass is 278 g/mol. The van der Waals surface area contributed by atoms with E-state index in [2.05, 4.69) is 6.92 Å². The van der Waals surface area contributed by atoms with Crippen LogP contribution in [-0.2, 0) is 9.47 Å². The van der Waals surface area contributed by atoms with E-state index in [1.807, 2.05) is 0 Å². The molecule has 1 aliphatic heterocycles. The average molecular weight is 278 g/mol. The number of aliphatic hydroxyl groups is 4. The Morgan fingerprint density at radius 1 is 0.947 bits per heavy atom. The lowest BCUT2D eigenvalue weighted by molar-refractivity contribution is -0.301. The van der Waals surface area contributed by atoms with Gasteiger partial charge in [-0.25, -0.2) is 0 Å². The van der Waals surface area contributed by atoms with Gasteiger partial charge < -0.3 is 29.9 Å². The molecule has 5 atom stereocenters. The molecule has 0 aliphatic carbocycles. The van der Waals surface area contributed by atoms with Crippen LogP contribution in [0, 0.1) is 0 Å². The van der Waals surface area contributed by atoms with Gasteiger partial charge in [0.25, 0.3) is 0 Å². The molecule has 1 rings (SSSR count). The minimum atomic E-state index is -1.36. The molecule has 0 aromatic carbocycles. The third-order valence-corrected chi connectivity index (χ3v) is 3.38. The van der Waals surface area contributed by atoms with Gasteiger partial charge in [-0.05, 0) is 6.42 Å². The second-order valence-electron chi connectivity index (χ2n) is 4.98. The quantitative estimate of drug-likeness (QED) is 0.458. The Hall–Kier alpha value is -0.240. The fourth-order valence-corrected chi connectivity index (χ4v) is 2.11. The molecular weight excluding hydrogens is 252 g/mol. The van der Waals surface area contributed by atoms with Gasteiger partial charge in [-0.15, -0.1) is 0 Å². The van der Waals surface area contributed by atoms with Crippen molar-refractivity contribution in [1.82, 2.24) is 0 Å². The molecule has 0 bridgehead atoms. The molecule has 0 amide bonds. The van der Waals surface area contributed by atoms with Crippen molar-refractivity contribution in [3.8, 4) is 0 Å². The number of rotatable bonds is 8. The van der Waals surface area contributed by atoms with Crippen LogP contribution in [0.3, 0.4) is 0 Å². The summed E-state index contributed by atoms with van der Waals surface area (Å²) in [7, 11) is 0. The molecule has 0 aromatic heterocycles. The highest BCUT2D eigenvalue weighted by molar-refractivity contribution is 4.88. The molecule has 114 valence electrons. The van der Waals surface area contributed by atoms with Crippen LogP contribution in [0.4, 0.5) is 0 Å². The van der Waals surface area contributed by atoms with Gasteiger partial charge in [0.05, 0.1) is 6.61 Å². The summed E-state index contributed by atoms with van der Waals surface area (Å²) in [5.41, 5.74) is 0. The smallest absolute Gasteiger partial charge is 0.186 e. The first-order valence-electron chi connectivity index (χ1n) is 7.04. The van der Waals surface area contributed by atoms with E-state index in [4.69, 9.17) is 14.6 Å². The Balaban J connectivity index is 2.28. The molecule has 0 saturated carbocycles. The van der Waals surface area contributed by atoms with Crippen molar-refractivity contribution in [1.29, 1.82) is 0 Å². The van der Waals surface area contributed by atoms with Gasteiger partial charge in [0.2, 0.25) is 0 Å². The molecule has 0 spiro atoms. The highest BCUT2D eigenvalue weighted by Gasteiger charge is 2.43. The van der Waals surface area contributed by atoms with Gasteiger partial charge in [0, 0.05) is 6.61 Å². The summed E-state index contributed by atoms with van der Waals surface area (Å²) in [5, 5.41) is 37.9. The standard InChI is InChI=1S/C13H26O6/c1-2-3-4-5-6-7-18-13-12(17)11(16)10(15)9(8-14)19-13/h9-17H,2-8H2,1H3/t9-,10+,11-,12-,13?/m1/s1. The summed E-state index contributed by atoms with van der Waals surface area (Å²) in [6, 6.07) is 0. The lowest BCUT2D eigenvalue weighted by atomic mass is 9.99. The van der Waals surface area contributed by atoms with E-state index in [9.17, 15) is 15.3 Å². The first-order chi connectivity index (χ1) is 9.11. The lowest BCUT2D eigenvalue weighted by Crippen LogP contribution is -2.59. The van der Waals surface area contributed by atoms with Crippen molar-refractivity contribution in [3.05, 3.63) is 0 Å². The Labute approximate surface area is 114 Å². The summed E-state index contributed by atoms with van der Waals surface area (Å²) in [4.78, 5) is 0. The molecule has 1 fully saturated rings. The molecule has 0 aromatic rings. The van der Waals surface area contributed by atoms with Crippen LogP contribution < -0.4 is 0 Å². The predicted octanol–water partition coefficient (Wildman–Crippen LogP) is -0.227. The first kappa shape index (κ1) is 16.8. The number of unbranched alkanes of at least 4 members (excludes halogenated alkanes) is 4. The van der Waals surface area contributed by atoms with E-state index in [1.54, 1.807) is 0 Å². The minimum Gasteiger partial charge on any atom is -0.394 e. The normalized spacial score (nSPS) is 35.5. The van der Waals surface area contributed by atoms with E-state index in [-0.39, 0.29) is 0 Å². The number of hydrogen-bond acceptors (Lipinski definition) is 6. The summed E-state index contributed by atoms with van der Waals surface area (Å²) in [6.07, 6.45) is -0.471. The van der Waals surface area contributed by atoms with E-state index < -0.39 is 37.3 Å². The van der Waals surface area contributed by atoms with Gasteiger partial charge in [-0.2, -0.15) is 0 Å². The van der Waals surface area contributed by atoms with E-state index >= 15 is 0 Å². The Kier molecular flexibility index (Phi) is 7.82. The van der Waals surface area contributed by atoms with Crippen LogP contribution in [-0.4, -0.2) is 64.3 Å². The molecule has 6 heteroatoms. The number of aliphatic hydroxyl groups excluding tert-OH is 4. The first-order valence-corrected chi connectivity index (χ1v) is 7.04. The van der Waals surface area contributed by atoms with Crippen molar-refractivity contribution in [2.45, 2.75) is 69.7 Å². The molecule has 19 heavy (non-hydrogen) atoms. The van der Waals surface area contributed by atoms with E-state index in [0.29, 0.717) is 6.61 Å². The zero-order valence-corrected chi connectivity index (χ0v) is 11.4. The van der Waals surface area contributed by atoms with Gasteiger partial charge >= 0.3 is 0 Å². The Bertz CT molecular complexity index is 235. The molecule has 1 heterocycles. The fourth-order valence-electron chi connectivity index (χ4n) is 2.11. The molecule has 1 saturated heterocycles. The molecule has 0 radical (unpaired) electrons. The zero-order chi connectivity index (χ0) is 14.3. The summed E-state index contributed by atoms with van der Waals surface area (Å²) >= 11 is 0. The third kappa shape index (κ3) is 4.98. The van der Waals surface area contributed by atoms with Gasteiger partial charge in [0.15, 0.2) is 6.29 Å². The van der Waals surface area contributed by atoms with E-state index in [1.165, 1.54) is 12.8 Å². The second-order valence-corrected chi connectivity index (χ2v) is 4.98. The molecule has 4 N–H and O–H groups in total. The van der Waals surface area contributed by atoms with Gasteiger partial charge in [0.1, 0.15) is 24.4 Å². The lowest BCUT2D eigenvalue weighted by Gasteiger charge is -2.39. The molecule has 1 aliphatic rings. The van der Waals surface area contributed by atoms with Gasteiger partial charge in [-0.1, -0.05) is 32.6 Å². The number of ether oxygens (including phenoxy) is 2. The largest absolute Gasteiger partial charge is 0.394 e. The Morgan fingerprint density at radius 2 is 1.63 bits per heavy atom. The van der Waals surface area contributed by atoms with Crippen molar-refractivity contribution in [3.63, 3.8) is 0 Å².